The zero-order valence-electron chi connectivity index (χ0n) is 69.6. The van der Waals surface area contributed by atoms with Gasteiger partial charge in [0.25, 0.3) is 0 Å². The molecule has 0 saturated carbocycles. The molecule has 4 aromatic rings. The van der Waals surface area contributed by atoms with E-state index in [0.717, 1.165) is 94.0 Å². The van der Waals surface area contributed by atoms with Crippen LogP contribution < -0.4 is 39.1 Å². The maximum absolute atomic E-state index is 6.89. The SMILES string of the molecule is CCCCCCCCCCCCOc1cc(Nc2nc(Nc3cc(OCCCCCCCCCCCC)c(OCCCCCCCCCCCC)c(OCCCCCCCCCCCC)c3)nc(-c3ccc(C)cc3)n2)cc(OCCCCCCCCCCCC)c1OCCCCCCCCCCCC. The molecule has 0 amide bonds. The third-order valence-corrected chi connectivity index (χ3v) is 21.0. The van der Waals surface area contributed by atoms with Crippen LogP contribution in [0.15, 0.2) is 48.5 Å². The van der Waals surface area contributed by atoms with Crippen molar-refractivity contribution in [1.82, 2.24) is 15.0 Å². The van der Waals surface area contributed by atoms with E-state index in [1.165, 1.54) is 314 Å². The van der Waals surface area contributed by atoms with Gasteiger partial charge in [-0.1, -0.05) is 418 Å². The van der Waals surface area contributed by atoms with Crippen molar-refractivity contribution in [2.24, 2.45) is 0 Å². The number of rotatable bonds is 77. The molecule has 0 aliphatic carbocycles. The van der Waals surface area contributed by atoms with Crippen molar-refractivity contribution in [3.05, 3.63) is 54.1 Å². The van der Waals surface area contributed by atoms with Crippen molar-refractivity contribution in [3.63, 3.8) is 0 Å². The van der Waals surface area contributed by atoms with Crippen molar-refractivity contribution in [2.75, 3.05) is 50.3 Å². The monoisotopic (exact) mass is 1460 g/mol. The van der Waals surface area contributed by atoms with Gasteiger partial charge in [0.05, 0.1) is 39.6 Å². The predicted octanol–water partition coefficient (Wildman–Crippen LogP) is 31.1. The highest BCUT2D eigenvalue weighted by atomic mass is 16.5. The molecular weight excluding hydrogens is 1300 g/mol. The smallest absolute Gasteiger partial charge is 0.232 e. The van der Waals surface area contributed by atoms with E-state index in [-0.39, 0.29) is 0 Å². The zero-order valence-corrected chi connectivity index (χ0v) is 69.6. The van der Waals surface area contributed by atoms with Crippen LogP contribution in [0.4, 0.5) is 23.3 Å². The molecule has 11 heteroatoms. The Balaban J connectivity index is 1.72. The van der Waals surface area contributed by atoms with Gasteiger partial charge in [0.2, 0.25) is 23.4 Å². The quantitative estimate of drug-likeness (QED) is 0.0412. The summed E-state index contributed by atoms with van der Waals surface area (Å²) in [6.07, 6.45) is 76.1. The molecule has 0 fully saturated rings. The van der Waals surface area contributed by atoms with Gasteiger partial charge in [0.15, 0.2) is 28.8 Å². The van der Waals surface area contributed by atoms with E-state index in [0.29, 0.717) is 91.9 Å². The van der Waals surface area contributed by atoms with E-state index in [2.05, 4.69) is 108 Å². The number of unbranched alkanes of at least 4 members (excludes halogenated alkanes) is 54. The fraction of sp³-hybridized carbons (Fsp3) is 0.777. The second kappa shape index (κ2) is 67.2. The topological polar surface area (TPSA) is 118 Å². The molecule has 3 aromatic carbocycles. The average molecular weight is 1460 g/mol. The third kappa shape index (κ3) is 48.3. The van der Waals surface area contributed by atoms with Gasteiger partial charge in [0, 0.05) is 41.2 Å². The Morgan fingerprint density at radius 2 is 0.419 bits per heavy atom. The second-order valence-electron chi connectivity index (χ2n) is 31.2. The molecule has 11 nitrogen and oxygen atoms in total. The molecule has 0 saturated heterocycles. The van der Waals surface area contributed by atoms with E-state index in [9.17, 15) is 0 Å². The number of hydrogen-bond acceptors (Lipinski definition) is 11. The fourth-order valence-electron chi connectivity index (χ4n) is 14.2. The number of anilines is 4. The maximum atomic E-state index is 6.89. The first-order valence-corrected chi connectivity index (χ1v) is 45.4. The van der Waals surface area contributed by atoms with E-state index in [4.69, 9.17) is 43.4 Å². The van der Waals surface area contributed by atoms with Crippen LogP contribution in [0.1, 0.15) is 432 Å². The van der Waals surface area contributed by atoms with Crippen molar-refractivity contribution < 1.29 is 28.4 Å². The van der Waals surface area contributed by atoms with Crippen LogP contribution in [0.3, 0.4) is 0 Å². The number of nitrogens with zero attached hydrogens (tertiary/aromatic N) is 3. The molecule has 0 atom stereocenters. The summed E-state index contributed by atoms with van der Waals surface area (Å²) in [6.45, 7) is 19.5. The van der Waals surface area contributed by atoms with Gasteiger partial charge < -0.3 is 39.1 Å². The lowest BCUT2D eigenvalue weighted by Gasteiger charge is -2.20. The van der Waals surface area contributed by atoms with Crippen molar-refractivity contribution in [3.8, 4) is 45.9 Å². The molecule has 1 aromatic heterocycles. The number of aromatic nitrogens is 3. The summed E-state index contributed by atoms with van der Waals surface area (Å²) < 4.78 is 41.3. The molecule has 4 rings (SSSR count). The van der Waals surface area contributed by atoms with Gasteiger partial charge in [-0.05, 0) is 45.4 Å². The Morgan fingerprint density at radius 1 is 0.229 bits per heavy atom. The molecule has 0 radical (unpaired) electrons. The third-order valence-electron chi connectivity index (χ3n) is 21.0. The fourth-order valence-corrected chi connectivity index (χ4v) is 14.2. The average Bonchev–Trinajstić information content (AvgIpc) is 0.813. The highest BCUT2D eigenvalue weighted by Gasteiger charge is 2.21. The summed E-state index contributed by atoms with van der Waals surface area (Å²) in [5.41, 5.74) is 3.58. The number of benzene rings is 3. The van der Waals surface area contributed by atoms with Crippen LogP contribution in [0, 0.1) is 6.92 Å². The van der Waals surface area contributed by atoms with Crippen LogP contribution in [-0.2, 0) is 0 Å². The standard InChI is InChI=1S/C94H163N5O6/c1-8-14-20-26-32-38-44-50-56-62-72-100-86-78-84(79-87(101-73-63-57-51-45-39-33-27-21-15-9-2)90(86)104-76-66-60-54-48-42-36-30-24-18-12-5)95-93-97-92(83-70-68-82(7)69-71-83)98-94(99-93)96-85-80-88(102-74-64-58-52-46-40-34-28-22-16-10-3)91(105-77-67-61-55-49-43-37-31-25-19-13-6)89(81-85)103-75-65-59-53-47-41-35-29-23-17-11-4/h68-71,78-81H,8-67,72-77H2,1-7H3,(H2,95,96,97,98,99). The molecule has 0 aliphatic rings. The summed E-state index contributed by atoms with van der Waals surface area (Å²) in [5, 5.41) is 7.37. The van der Waals surface area contributed by atoms with Gasteiger partial charge in [0.1, 0.15) is 0 Å². The first-order chi connectivity index (χ1) is 51.9. The minimum atomic E-state index is 0.398. The molecule has 2 N–H and O–H groups in total. The molecule has 1 heterocycles. The van der Waals surface area contributed by atoms with Gasteiger partial charge in [-0.2, -0.15) is 15.0 Å². The summed E-state index contributed by atoms with van der Waals surface area (Å²) in [6, 6.07) is 16.7. The first-order valence-electron chi connectivity index (χ1n) is 45.4. The van der Waals surface area contributed by atoms with Crippen molar-refractivity contribution in [1.29, 1.82) is 0 Å². The summed E-state index contributed by atoms with van der Waals surface area (Å²) in [4.78, 5) is 15.6. The first kappa shape index (κ1) is 92.5. The van der Waals surface area contributed by atoms with Gasteiger partial charge in [-0.25, -0.2) is 0 Å². The van der Waals surface area contributed by atoms with E-state index >= 15 is 0 Å². The molecule has 0 aliphatic heterocycles. The second-order valence-corrected chi connectivity index (χ2v) is 31.2. The normalized spacial score (nSPS) is 11.4. The van der Waals surface area contributed by atoms with Gasteiger partial charge >= 0.3 is 0 Å². The number of nitrogens with one attached hydrogen (secondary N) is 2. The molecule has 0 bridgehead atoms. The van der Waals surface area contributed by atoms with E-state index in [1.54, 1.807) is 0 Å². The van der Waals surface area contributed by atoms with E-state index < -0.39 is 0 Å². The van der Waals surface area contributed by atoms with Gasteiger partial charge in [-0.3, -0.25) is 0 Å². The Kier molecular flexibility index (Phi) is 59.2. The Labute approximate surface area is 647 Å². The number of hydrogen-bond donors (Lipinski definition) is 2. The predicted molar refractivity (Wildman–Crippen MR) is 453 cm³/mol. The maximum Gasteiger partial charge on any atom is 0.232 e. The number of ether oxygens (including phenoxy) is 6. The molecule has 0 unspecified atom stereocenters. The van der Waals surface area contributed by atoms with Crippen LogP contribution >= 0.6 is 0 Å². The lowest BCUT2D eigenvalue weighted by atomic mass is 10.1. The molecule has 0 spiro atoms. The minimum absolute atomic E-state index is 0.398. The van der Waals surface area contributed by atoms with Crippen LogP contribution in [0.5, 0.6) is 34.5 Å². The summed E-state index contributed by atoms with van der Waals surface area (Å²) in [7, 11) is 0. The van der Waals surface area contributed by atoms with Crippen LogP contribution in [0.2, 0.25) is 0 Å². The Hall–Kier alpha value is -4.93. The van der Waals surface area contributed by atoms with Crippen molar-refractivity contribution in [2.45, 2.75) is 434 Å². The molecule has 600 valence electrons. The van der Waals surface area contributed by atoms with Crippen LogP contribution in [-0.4, -0.2) is 54.6 Å². The largest absolute Gasteiger partial charge is 0.489 e. The molecular formula is C94H163N5O6. The molecule has 105 heavy (non-hydrogen) atoms. The van der Waals surface area contributed by atoms with Gasteiger partial charge in [-0.15, -0.1) is 0 Å². The Morgan fingerprint density at radius 3 is 0.629 bits per heavy atom. The highest BCUT2D eigenvalue weighted by Crippen LogP contribution is 2.44. The lowest BCUT2D eigenvalue weighted by molar-refractivity contribution is 0.234. The zero-order chi connectivity index (χ0) is 74.6. The van der Waals surface area contributed by atoms with Crippen LogP contribution in [0.25, 0.3) is 11.4 Å². The summed E-state index contributed by atoms with van der Waals surface area (Å²) in [5.74, 6) is 5.51. The Bertz CT molecular complexity index is 2350. The van der Waals surface area contributed by atoms with E-state index in [1.807, 2.05) is 0 Å². The number of aryl methyl sites for hydroxylation is 1. The minimum Gasteiger partial charge on any atom is -0.489 e. The van der Waals surface area contributed by atoms with Crippen molar-refractivity contribution >= 4 is 23.3 Å². The highest BCUT2D eigenvalue weighted by molar-refractivity contribution is 5.70. The summed E-state index contributed by atoms with van der Waals surface area (Å²) >= 11 is 0. The lowest BCUT2D eigenvalue weighted by Crippen LogP contribution is -2.09.